The second-order valence-electron chi connectivity index (χ2n) is 4.51. The van der Waals surface area contributed by atoms with Crippen LogP contribution in [0.15, 0.2) is 12.1 Å². The number of hydrogen-bond acceptors (Lipinski definition) is 2. The fourth-order valence-electron chi connectivity index (χ4n) is 1.29. The molecule has 0 aliphatic carbocycles. The summed E-state index contributed by atoms with van der Waals surface area (Å²) in [5.41, 5.74) is 6.32. The first-order valence-electron chi connectivity index (χ1n) is 4.39. The van der Waals surface area contributed by atoms with Gasteiger partial charge < -0.3 is 5.73 Å². The summed E-state index contributed by atoms with van der Waals surface area (Å²) in [5, 5.41) is 0. The average Bonchev–Trinajstić information content (AvgIpc) is 2.31. The van der Waals surface area contributed by atoms with Crippen LogP contribution in [0.3, 0.4) is 0 Å². The van der Waals surface area contributed by atoms with Crippen LogP contribution < -0.4 is 5.73 Å². The molecular weight excluding hydrogens is 202 g/mol. The van der Waals surface area contributed by atoms with Gasteiger partial charge in [-0.15, -0.1) is 11.3 Å². The topological polar surface area (TPSA) is 26.0 Å². The third-order valence-corrected chi connectivity index (χ3v) is 3.15. The van der Waals surface area contributed by atoms with E-state index in [-0.39, 0.29) is 11.5 Å². The van der Waals surface area contributed by atoms with Crippen molar-refractivity contribution in [2.45, 2.75) is 33.2 Å². The van der Waals surface area contributed by atoms with Crippen molar-refractivity contribution in [3.05, 3.63) is 21.3 Å². The van der Waals surface area contributed by atoms with Crippen LogP contribution in [0.1, 0.15) is 38.1 Å². The first-order valence-corrected chi connectivity index (χ1v) is 5.59. The maximum atomic E-state index is 6.05. The Morgan fingerprint density at radius 3 is 2.46 bits per heavy atom. The second-order valence-corrected chi connectivity index (χ2v) is 6.26. The number of rotatable bonds is 2. The Labute approximate surface area is 88.9 Å². The molecule has 1 nitrogen and oxygen atoms in total. The number of thiophene rings is 1. The van der Waals surface area contributed by atoms with E-state index >= 15 is 0 Å². The molecule has 74 valence electrons. The van der Waals surface area contributed by atoms with Gasteiger partial charge in [-0.25, -0.2) is 0 Å². The summed E-state index contributed by atoms with van der Waals surface area (Å²) < 4.78 is 0.819. The van der Waals surface area contributed by atoms with Crippen molar-refractivity contribution in [2.24, 2.45) is 11.1 Å². The van der Waals surface area contributed by atoms with Gasteiger partial charge in [-0.1, -0.05) is 32.4 Å². The molecule has 13 heavy (non-hydrogen) atoms. The zero-order chi connectivity index (χ0) is 10.1. The van der Waals surface area contributed by atoms with Gasteiger partial charge in [0.25, 0.3) is 0 Å². The van der Waals surface area contributed by atoms with Crippen LogP contribution in [0.5, 0.6) is 0 Å². The Morgan fingerprint density at radius 1 is 1.46 bits per heavy atom. The fourth-order valence-corrected chi connectivity index (χ4v) is 2.35. The predicted octanol–water partition coefficient (Wildman–Crippen LogP) is 3.84. The van der Waals surface area contributed by atoms with Crippen molar-refractivity contribution in [1.82, 2.24) is 0 Å². The molecule has 0 aliphatic heterocycles. The normalized spacial score (nSPS) is 14.5. The molecule has 0 radical (unpaired) electrons. The highest BCUT2D eigenvalue weighted by Gasteiger charge is 2.17. The first kappa shape index (κ1) is 11.0. The quantitative estimate of drug-likeness (QED) is 0.801. The molecule has 1 aromatic heterocycles. The van der Waals surface area contributed by atoms with E-state index in [4.69, 9.17) is 17.3 Å². The monoisotopic (exact) mass is 217 g/mol. The van der Waals surface area contributed by atoms with Gasteiger partial charge in [-0.3, -0.25) is 0 Å². The highest BCUT2D eigenvalue weighted by Crippen LogP contribution is 2.32. The number of hydrogen-bond donors (Lipinski definition) is 1. The van der Waals surface area contributed by atoms with E-state index in [1.54, 1.807) is 11.3 Å². The first-order chi connectivity index (χ1) is 5.88. The molecule has 0 aliphatic rings. The van der Waals surface area contributed by atoms with Crippen LogP contribution in [-0.4, -0.2) is 0 Å². The van der Waals surface area contributed by atoms with E-state index < -0.39 is 0 Å². The Hall–Kier alpha value is -0.0500. The van der Waals surface area contributed by atoms with Gasteiger partial charge in [0.2, 0.25) is 0 Å². The molecule has 1 atom stereocenters. The zero-order valence-electron chi connectivity index (χ0n) is 8.30. The zero-order valence-corrected chi connectivity index (χ0v) is 9.88. The molecule has 0 unspecified atom stereocenters. The van der Waals surface area contributed by atoms with E-state index in [1.807, 2.05) is 12.1 Å². The minimum atomic E-state index is 0.123. The molecule has 0 saturated carbocycles. The highest BCUT2D eigenvalue weighted by molar-refractivity contribution is 7.16. The smallest absolute Gasteiger partial charge is 0.0931 e. The van der Waals surface area contributed by atoms with E-state index in [0.29, 0.717) is 0 Å². The summed E-state index contributed by atoms with van der Waals surface area (Å²) in [6.45, 7) is 6.59. The minimum absolute atomic E-state index is 0.123. The average molecular weight is 218 g/mol. The molecule has 0 spiro atoms. The van der Waals surface area contributed by atoms with Crippen LogP contribution in [0.2, 0.25) is 4.34 Å². The lowest BCUT2D eigenvalue weighted by atomic mass is 9.88. The molecule has 0 amide bonds. The molecule has 0 saturated heterocycles. The van der Waals surface area contributed by atoms with Gasteiger partial charge in [-0.2, -0.15) is 0 Å². The molecule has 3 heteroatoms. The lowest BCUT2D eigenvalue weighted by Crippen LogP contribution is -2.17. The minimum Gasteiger partial charge on any atom is -0.323 e. The van der Waals surface area contributed by atoms with E-state index in [9.17, 15) is 0 Å². The summed E-state index contributed by atoms with van der Waals surface area (Å²) in [5.74, 6) is 0. The second kappa shape index (κ2) is 3.99. The Morgan fingerprint density at radius 2 is 2.08 bits per heavy atom. The lowest BCUT2D eigenvalue weighted by Gasteiger charge is -2.22. The van der Waals surface area contributed by atoms with Crippen molar-refractivity contribution >= 4 is 22.9 Å². The van der Waals surface area contributed by atoms with Gasteiger partial charge in [0.1, 0.15) is 0 Å². The van der Waals surface area contributed by atoms with Crippen LogP contribution in [0.25, 0.3) is 0 Å². The third-order valence-electron chi connectivity index (χ3n) is 1.79. The molecule has 1 rings (SSSR count). The van der Waals surface area contributed by atoms with Gasteiger partial charge in [0.05, 0.1) is 4.34 Å². The van der Waals surface area contributed by atoms with Crippen molar-refractivity contribution in [1.29, 1.82) is 0 Å². The summed E-state index contributed by atoms with van der Waals surface area (Å²) in [6.07, 6.45) is 0.990. The van der Waals surface area contributed by atoms with Crippen molar-refractivity contribution < 1.29 is 0 Å². The van der Waals surface area contributed by atoms with Gasteiger partial charge >= 0.3 is 0 Å². The summed E-state index contributed by atoms with van der Waals surface area (Å²) in [7, 11) is 0. The number of nitrogens with two attached hydrogens (primary N) is 1. The highest BCUT2D eigenvalue weighted by atomic mass is 35.5. The van der Waals surface area contributed by atoms with Crippen LogP contribution in [0, 0.1) is 5.41 Å². The third kappa shape index (κ3) is 3.67. The standard InChI is InChI=1S/C10H16ClNS/c1-10(2,3)6-7(12)8-4-5-9(11)13-8/h4-5,7H,6,12H2,1-3H3/t7-/m1/s1. The maximum Gasteiger partial charge on any atom is 0.0931 e. The summed E-state index contributed by atoms with van der Waals surface area (Å²) >= 11 is 7.42. The van der Waals surface area contributed by atoms with E-state index in [1.165, 1.54) is 4.88 Å². The molecule has 0 fully saturated rings. The molecule has 0 aromatic carbocycles. The van der Waals surface area contributed by atoms with Crippen molar-refractivity contribution in [3.63, 3.8) is 0 Å². The summed E-state index contributed by atoms with van der Waals surface area (Å²) in [6, 6.07) is 4.05. The largest absolute Gasteiger partial charge is 0.323 e. The van der Waals surface area contributed by atoms with Gasteiger partial charge in [-0.05, 0) is 24.0 Å². The molecule has 0 bridgehead atoms. The lowest BCUT2D eigenvalue weighted by molar-refractivity contribution is 0.345. The van der Waals surface area contributed by atoms with Gasteiger partial charge in [0, 0.05) is 10.9 Å². The molecule has 1 heterocycles. The number of halogens is 1. The summed E-state index contributed by atoms with van der Waals surface area (Å²) in [4.78, 5) is 1.18. The van der Waals surface area contributed by atoms with Crippen LogP contribution in [0.4, 0.5) is 0 Å². The molecule has 2 N–H and O–H groups in total. The Bertz CT molecular complexity index is 275. The van der Waals surface area contributed by atoms with E-state index in [0.717, 1.165) is 10.8 Å². The Kier molecular flexibility index (Phi) is 3.38. The molecular formula is C10H16ClNS. The van der Waals surface area contributed by atoms with Crippen LogP contribution >= 0.6 is 22.9 Å². The predicted molar refractivity (Wildman–Crippen MR) is 60.3 cm³/mol. The van der Waals surface area contributed by atoms with Crippen LogP contribution in [-0.2, 0) is 0 Å². The van der Waals surface area contributed by atoms with E-state index in [2.05, 4.69) is 20.8 Å². The SMILES string of the molecule is CC(C)(C)C[C@@H](N)c1ccc(Cl)s1. The van der Waals surface area contributed by atoms with Crippen molar-refractivity contribution in [2.75, 3.05) is 0 Å². The maximum absolute atomic E-state index is 6.05. The van der Waals surface area contributed by atoms with Crippen molar-refractivity contribution in [3.8, 4) is 0 Å². The molecule has 1 aromatic rings. The Balaban J connectivity index is 2.64. The fraction of sp³-hybridized carbons (Fsp3) is 0.600. The van der Waals surface area contributed by atoms with Gasteiger partial charge in [0.15, 0.2) is 0 Å².